The van der Waals surface area contributed by atoms with Crippen molar-refractivity contribution in [3.8, 4) is 0 Å². The number of carbonyl (C=O) groups is 1. The number of carbonyl (C=O) groups excluding carboxylic acids is 1. The first kappa shape index (κ1) is 15.4. The Labute approximate surface area is 135 Å². The molecule has 2 heterocycles. The van der Waals surface area contributed by atoms with E-state index in [4.69, 9.17) is 0 Å². The zero-order valence-electron chi connectivity index (χ0n) is 13.1. The number of hydrogen-bond acceptors (Lipinski definition) is 4. The summed E-state index contributed by atoms with van der Waals surface area (Å²) in [5.41, 5.74) is 0.881. The number of imidazole rings is 1. The number of hydrogen-bond donors (Lipinski definition) is 0. The molecular formula is C17H20N4O2. The molecule has 0 spiro atoms. The number of piperidine rings is 1. The number of benzene rings is 1. The summed E-state index contributed by atoms with van der Waals surface area (Å²) in [5.74, 6) is 0.789. The topological polar surface area (TPSA) is 67.6 Å². The highest BCUT2D eigenvalue weighted by atomic mass is 16.3. The Morgan fingerprint density at radius 2 is 1.96 bits per heavy atom. The molecule has 2 aromatic rings. The van der Waals surface area contributed by atoms with Crippen molar-refractivity contribution in [1.29, 1.82) is 0 Å². The van der Waals surface area contributed by atoms with Gasteiger partial charge in [0, 0.05) is 13.1 Å². The summed E-state index contributed by atoms with van der Waals surface area (Å²) in [6.45, 7) is 3.77. The molecule has 1 fully saturated rings. The van der Waals surface area contributed by atoms with E-state index >= 15 is 0 Å². The van der Waals surface area contributed by atoms with Crippen molar-refractivity contribution in [2.75, 3.05) is 13.1 Å². The molecular weight excluding hydrogens is 292 g/mol. The second-order valence-electron chi connectivity index (χ2n) is 6.09. The zero-order valence-corrected chi connectivity index (χ0v) is 13.1. The van der Waals surface area contributed by atoms with Gasteiger partial charge in [0.1, 0.15) is 6.04 Å². The van der Waals surface area contributed by atoms with E-state index in [1.165, 1.54) is 12.5 Å². The second-order valence-corrected chi connectivity index (χ2v) is 6.09. The van der Waals surface area contributed by atoms with Crippen molar-refractivity contribution in [2.24, 2.45) is 11.1 Å². The fourth-order valence-corrected chi connectivity index (χ4v) is 2.99. The number of nitroso groups, excluding NO2 is 1. The van der Waals surface area contributed by atoms with Crippen LogP contribution in [0.5, 0.6) is 0 Å². The van der Waals surface area contributed by atoms with Gasteiger partial charge in [-0.1, -0.05) is 37.3 Å². The lowest BCUT2D eigenvalue weighted by Gasteiger charge is -2.33. The van der Waals surface area contributed by atoms with Gasteiger partial charge in [-0.2, -0.15) is 0 Å². The SMILES string of the molecule is CC1CCN(C(=O)C(c2ccccc2)n2cnc(N=O)c2)CC1. The van der Waals surface area contributed by atoms with Crippen molar-refractivity contribution in [2.45, 2.75) is 25.8 Å². The van der Waals surface area contributed by atoms with Gasteiger partial charge in [0.25, 0.3) is 0 Å². The lowest BCUT2D eigenvalue weighted by molar-refractivity contribution is -0.134. The molecule has 0 saturated carbocycles. The molecule has 1 aromatic carbocycles. The molecule has 6 heteroatoms. The molecule has 1 atom stereocenters. The van der Waals surface area contributed by atoms with Crippen LogP contribution in [0.2, 0.25) is 0 Å². The average Bonchev–Trinajstić information content (AvgIpc) is 3.05. The van der Waals surface area contributed by atoms with Gasteiger partial charge >= 0.3 is 0 Å². The molecule has 0 radical (unpaired) electrons. The Morgan fingerprint density at radius 3 is 2.57 bits per heavy atom. The smallest absolute Gasteiger partial charge is 0.250 e. The normalized spacial score (nSPS) is 17.0. The van der Waals surface area contributed by atoms with Crippen LogP contribution in [0.1, 0.15) is 31.4 Å². The molecule has 0 N–H and O–H groups in total. The van der Waals surface area contributed by atoms with E-state index in [0.717, 1.165) is 31.5 Å². The molecule has 0 bridgehead atoms. The summed E-state index contributed by atoms with van der Waals surface area (Å²) in [6.07, 6.45) is 5.07. The van der Waals surface area contributed by atoms with Crippen LogP contribution in [-0.2, 0) is 4.79 Å². The summed E-state index contributed by atoms with van der Waals surface area (Å²) < 4.78 is 1.67. The first-order valence-electron chi connectivity index (χ1n) is 7.89. The number of rotatable bonds is 4. The lowest BCUT2D eigenvalue weighted by Crippen LogP contribution is -2.42. The Bertz CT molecular complexity index is 675. The number of aromatic nitrogens is 2. The van der Waals surface area contributed by atoms with Crippen molar-refractivity contribution >= 4 is 11.7 Å². The highest BCUT2D eigenvalue weighted by molar-refractivity contribution is 5.84. The van der Waals surface area contributed by atoms with Crippen molar-refractivity contribution < 1.29 is 4.79 Å². The second kappa shape index (κ2) is 6.73. The Kier molecular flexibility index (Phi) is 4.50. The Hall–Kier alpha value is -2.50. The van der Waals surface area contributed by atoms with Crippen LogP contribution in [0.25, 0.3) is 0 Å². The molecule has 3 rings (SSSR count). The van der Waals surface area contributed by atoms with Crippen LogP contribution in [0.4, 0.5) is 5.82 Å². The van der Waals surface area contributed by atoms with Gasteiger partial charge in [-0.15, -0.1) is 4.91 Å². The largest absolute Gasteiger partial charge is 0.341 e. The summed E-state index contributed by atoms with van der Waals surface area (Å²) in [4.78, 5) is 29.6. The number of amides is 1. The molecule has 6 nitrogen and oxygen atoms in total. The number of likely N-dealkylation sites (tertiary alicyclic amines) is 1. The molecule has 23 heavy (non-hydrogen) atoms. The van der Waals surface area contributed by atoms with E-state index in [1.54, 1.807) is 4.57 Å². The predicted molar refractivity (Wildman–Crippen MR) is 87.2 cm³/mol. The van der Waals surface area contributed by atoms with Crippen LogP contribution < -0.4 is 0 Å². The van der Waals surface area contributed by atoms with Crippen molar-refractivity contribution in [3.63, 3.8) is 0 Å². The van der Waals surface area contributed by atoms with Gasteiger partial charge < -0.3 is 9.47 Å². The molecule has 0 aliphatic carbocycles. The number of nitrogens with zero attached hydrogens (tertiary/aromatic N) is 4. The molecule has 1 aliphatic heterocycles. The van der Waals surface area contributed by atoms with Crippen molar-refractivity contribution in [3.05, 3.63) is 53.3 Å². The minimum atomic E-state index is -0.507. The standard InChI is InChI=1S/C17H20N4O2/c1-13-7-9-20(10-8-13)17(22)16(14-5-3-2-4-6-14)21-11-15(19-23)18-12-21/h2-6,11-13,16H,7-10H2,1H3. The third-order valence-corrected chi connectivity index (χ3v) is 4.42. The van der Waals surface area contributed by atoms with Crippen LogP contribution in [0.3, 0.4) is 0 Å². The fraction of sp³-hybridized carbons (Fsp3) is 0.412. The third kappa shape index (κ3) is 3.31. The van der Waals surface area contributed by atoms with E-state index in [2.05, 4.69) is 17.1 Å². The molecule has 1 aliphatic rings. The van der Waals surface area contributed by atoms with E-state index in [1.807, 2.05) is 35.2 Å². The predicted octanol–water partition coefficient (Wildman–Crippen LogP) is 3.13. The van der Waals surface area contributed by atoms with E-state index < -0.39 is 6.04 Å². The van der Waals surface area contributed by atoms with Crippen LogP contribution in [0.15, 0.2) is 48.0 Å². The van der Waals surface area contributed by atoms with Crippen LogP contribution in [-0.4, -0.2) is 33.4 Å². The zero-order chi connectivity index (χ0) is 16.2. The molecule has 1 aromatic heterocycles. The van der Waals surface area contributed by atoms with Crippen LogP contribution in [0, 0.1) is 10.8 Å². The van der Waals surface area contributed by atoms with Gasteiger partial charge in [0.05, 0.1) is 12.5 Å². The first-order chi connectivity index (χ1) is 11.2. The summed E-state index contributed by atoms with van der Waals surface area (Å²) in [5, 5.41) is 2.84. The molecule has 1 amide bonds. The summed E-state index contributed by atoms with van der Waals surface area (Å²) in [7, 11) is 0. The average molecular weight is 312 g/mol. The maximum atomic E-state index is 13.1. The van der Waals surface area contributed by atoms with Crippen LogP contribution >= 0.6 is 0 Å². The highest BCUT2D eigenvalue weighted by Gasteiger charge is 2.29. The Morgan fingerprint density at radius 1 is 1.26 bits per heavy atom. The highest BCUT2D eigenvalue weighted by Crippen LogP contribution is 2.25. The summed E-state index contributed by atoms with van der Waals surface area (Å²) >= 11 is 0. The monoisotopic (exact) mass is 312 g/mol. The van der Waals surface area contributed by atoms with Gasteiger partial charge in [-0.25, -0.2) is 4.98 Å². The quantitative estimate of drug-likeness (QED) is 0.815. The van der Waals surface area contributed by atoms with Crippen molar-refractivity contribution in [1.82, 2.24) is 14.5 Å². The molecule has 1 saturated heterocycles. The third-order valence-electron chi connectivity index (χ3n) is 4.42. The maximum Gasteiger partial charge on any atom is 0.250 e. The fourth-order valence-electron chi connectivity index (χ4n) is 2.99. The molecule has 120 valence electrons. The van der Waals surface area contributed by atoms with Gasteiger partial charge in [-0.05, 0) is 29.5 Å². The van der Waals surface area contributed by atoms with E-state index in [0.29, 0.717) is 5.92 Å². The van der Waals surface area contributed by atoms with Gasteiger partial charge in [-0.3, -0.25) is 4.79 Å². The van der Waals surface area contributed by atoms with E-state index in [9.17, 15) is 9.70 Å². The summed E-state index contributed by atoms with van der Waals surface area (Å²) in [6, 6.07) is 9.06. The minimum absolute atomic E-state index is 0.0398. The Balaban J connectivity index is 1.91. The van der Waals surface area contributed by atoms with Gasteiger partial charge in [0.15, 0.2) is 0 Å². The molecule has 1 unspecified atom stereocenters. The van der Waals surface area contributed by atoms with E-state index in [-0.39, 0.29) is 11.7 Å². The maximum absolute atomic E-state index is 13.1. The van der Waals surface area contributed by atoms with Gasteiger partial charge in [0.2, 0.25) is 11.7 Å². The lowest BCUT2D eigenvalue weighted by atomic mass is 9.97. The first-order valence-corrected chi connectivity index (χ1v) is 7.89. The minimum Gasteiger partial charge on any atom is -0.341 e.